The predicted molar refractivity (Wildman–Crippen MR) is 78.5 cm³/mol. The number of hydrogen-bond donors (Lipinski definition) is 2. The first-order valence-corrected chi connectivity index (χ1v) is 6.96. The molecule has 1 heterocycles. The maximum absolute atomic E-state index is 13.0. The fourth-order valence-electron chi connectivity index (χ4n) is 1.98. The molecule has 5 heteroatoms. The average molecular weight is 285 g/mol. The van der Waals surface area contributed by atoms with Crippen LogP contribution in [0.4, 0.5) is 10.2 Å². The summed E-state index contributed by atoms with van der Waals surface area (Å²) in [6.07, 6.45) is 3.90. The number of carbonyl (C=O) groups excluding carboxylic acids is 1. The molecular weight excluding hydrogens is 269 g/mol. The Hall–Kier alpha value is -2.43. The molecule has 1 aromatic heterocycles. The van der Waals surface area contributed by atoms with Gasteiger partial charge in [-0.1, -0.05) is 12.1 Å². The molecule has 0 radical (unpaired) electrons. The smallest absolute Gasteiger partial charge is 0.253 e. The lowest BCUT2D eigenvalue weighted by atomic mass is 10.2. The first-order chi connectivity index (χ1) is 10.2. The van der Waals surface area contributed by atoms with E-state index in [2.05, 4.69) is 15.6 Å². The van der Waals surface area contributed by atoms with Crippen LogP contribution in [0.2, 0.25) is 0 Å². The van der Waals surface area contributed by atoms with Gasteiger partial charge in [-0.3, -0.25) is 4.79 Å². The topological polar surface area (TPSA) is 54.0 Å². The monoisotopic (exact) mass is 285 g/mol. The second-order valence-electron chi connectivity index (χ2n) is 5.16. The number of nitrogens with zero attached hydrogens (tertiary/aromatic N) is 1. The van der Waals surface area contributed by atoms with E-state index in [1.54, 1.807) is 30.5 Å². The molecule has 21 heavy (non-hydrogen) atoms. The van der Waals surface area contributed by atoms with E-state index in [1.165, 1.54) is 25.0 Å². The van der Waals surface area contributed by atoms with E-state index in [-0.39, 0.29) is 11.7 Å². The van der Waals surface area contributed by atoms with Crippen LogP contribution < -0.4 is 10.6 Å². The van der Waals surface area contributed by atoms with Crippen molar-refractivity contribution >= 4 is 11.7 Å². The fraction of sp³-hybridized carbons (Fsp3) is 0.250. The molecule has 0 saturated heterocycles. The minimum atomic E-state index is -0.307. The number of halogens is 1. The first kappa shape index (κ1) is 13.5. The summed E-state index contributed by atoms with van der Waals surface area (Å²) in [7, 11) is 0. The second kappa shape index (κ2) is 5.91. The minimum absolute atomic E-state index is 0.218. The number of hydrogen-bond acceptors (Lipinski definition) is 3. The van der Waals surface area contributed by atoms with Crippen molar-refractivity contribution in [2.75, 3.05) is 5.32 Å². The molecule has 1 saturated carbocycles. The van der Waals surface area contributed by atoms with Crippen molar-refractivity contribution < 1.29 is 9.18 Å². The third kappa shape index (κ3) is 3.78. The average Bonchev–Trinajstić information content (AvgIpc) is 3.30. The number of aromatic nitrogens is 1. The quantitative estimate of drug-likeness (QED) is 0.888. The summed E-state index contributed by atoms with van der Waals surface area (Å²) in [4.78, 5) is 16.2. The van der Waals surface area contributed by atoms with Crippen molar-refractivity contribution in [1.82, 2.24) is 10.3 Å². The lowest BCUT2D eigenvalue weighted by Crippen LogP contribution is -2.23. The number of carbonyl (C=O) groups is 1. The van der Waals surface area contributed by atoms with Crippen molar-refractivity contribution in [2.45, 2.75) is 25.4 Å². The number of rotatable bonds is 5. The van der Waals surface area contributed by atoms with Crippen LogP contribution in [0.1, 0.15) is 28.8 Å². The van der Waals surface area contributed by atoms with E-state index in [4.69, 9.17) is 0 Å². The van der Waals surface area contributed by atoms with Crippen molar-refractivity contribution in [2.24, 2.45) is 0 Å². The molecule has 1 aliphatic rings. The summed E-state index contributed by atoms with van der Waals surface area (Å²) < 4.78 is 13.0. The molecule has 1 aliphatic carbocycles. The van der Waals surface area contributed by atoms with Gasteiger partial charge in [0.1, 0.15) is 11.6 Å². The van der Waals surface area contributed by atoms with Crippen molar-refractivity contribution in [1.29, 1.82) is 0 Å². The molecule has 0 bridgehead atoms. The van der Waals surface area contributed by atoms with Gasteiger partial charge < -0.3 is 10.6 Å². The number of benzene rings is 1. The predicted octanol–water partition coefficient (Wildman–Crippen LogP) is 2.73. The van der Waals surface area contributed by atoms with Gasteiger partial charge in [0.25, 0.3) is 5.91 Å². The van der Waals surface area contributed by atoms with Crippen LogP contribution in [0.25, 0.3) is 0 Å². The summed E-state index contributed by atoms with van der Waals surface area (Å²) >= 11 is 0. The summed E-state index contributed by atoms with van der Waals surface area (Å²) in [5, 5.41) is 6.01. The normalized spacial score (nSPS) is 13.8. The molecule has 1 amide bonds. The Bertz CT molecular complexity index is 638. The zero-order chi connectivity index (χ0) is 14.7. The van der Waals surface area contributed by atoms with Crippen LogP contribution in [0.15, 0.2) is 42.6 Å². The van der Waals surface area contributed by atoms with Gasteiger partial charge in [-0.25, -0.2) is 9.37 Å². The molecule has 0 atom stereocenters. The highest BCUT2D eigenvalue weighted by Crippen LogP contribution is 2.23. The highest BCUT2D eigenvalue weighted by Gasteiger charge is 2.21. The summed E-state index contributed by atoms with van der Waals surface area (Å²) in [5.41, 5.74) is 1.22. The highest BCUT2D eigenvalue weighted by atomic mass is 19.1. The van der Waals surface area contributed by atoms with E-state index in [0.717, 1.165) is 11.4 Å². The number of amides is 1. The standard InChI is InChI=1S/C16H16FN3O/c17-13-3-1-2-11(8-13)9-19-16(21)12-4-7-15(18-10-12)20-14-5-6-14/h1-4,7-8,10,14H,5-6,9H2,(H,18,20)(H,19,21). The largest absolute Gasteiger partial charge is 0.367 e. The van der Waals surface area contributed by atoms with E-state index in [9.17, 15) is 9.18 Å². The maximum Gasteiger partial charge on any atom is 0.253 e. The summed E-state index contributed by atoms with van der Waals surface area (Å²) in [5.74, 6) is 0.267. The Morgan fingerprint density at radius 2 is 2.14 bits per heavy atom. The SMILES string of the molecule is O=C(NCc1cccc(F)c1)c1ccc(NC2CC2)nc1. The zero-order valence-corrected chi connectivity index (χ0v) is 11.5. The maximum atomic E-state index is 13.0. The molecular formula is C16H16FN3O. The molecule has 108 valence electrons. The van der Waals surface area contributed by atoms with Gasteiger partial charge in [-0.15, -0.1) is 0 Å². The molecule has 3 rings (SSSR count). The first-order valence-electron chi connectivity index (χ1n) is 6.96. The van der Waals surface area contributed by atoms with Crippen LogP contribution in [0.3, 0.4) is 0 Å². The third-order valence-corrected chi connectivity index (χ3v) is 3.30. The van der Waals surface area contributed by atoms with Gasteiger partial charge in [0, 0.05) is 18.8 Å². The van der Waals surface area contributed by atoms with E-state index in [0.29, 0.717) is 18.2 Å². The van der Waals surface area contributed by atoms with Gasteiger partial charge >= 0.3 is 0 Å². The lowest BCUT2D eigenvalue weighted by Gasteiger charge is -2.07. The van der Waals surface area contributed by atoms with Gasteiger partial charge in [-0.05, 0) is 42.7 Å². The Morgan fingerprint density at radius 1 is 1.29 bits per heavy atom. The molecule has 0 unspecified atom stereocenters. The van der Waals surface area contributed by atoms with Crippen molar-refractivity contribution in [3.05, 3.63) is 59.5 Å². The third-order valence-electron chi connectivity index (χ3n) is 3.30. The molecule has 1 aromatic carbocycles. The van der Waals surface area contributed by atoms with Gasteiger partial charge in [-0.2, -0.15) is 0 Å². The van der Waals surface area contributed by atoms with Gasteiger partial charge in [0.2, 0.25) is 0 Å². The Morgan fingerprint density at radius 3 is 2.81 bits per heavy atom. The van der Waals surface area contributed by atoms with Gasteiger partial charge in [0.15, 0.2) is 0 Å². The van der Waals surface area contributed by atoms with E-state index < -0.39 is 0 Å². The van der Waals surface area contributed by atoms with Gasteiger partial charge in [0.05, 0.1) is 5.56 Å². The minimum Gasteiger partial charge on any atom is -0.367 e. The summed E-state index contributed by atoms with van der Waals surface area (Å²) in [6, 6.07) is 10.2. The Labute approximate surface area is 122 Å². The number of pyridine rings is 1. The van der Waals surface area contributed by atoms with E-state index in [1.807, 2.05) is 0 Å². The van der Waals surface area contributed by atoms with Crippen LogP contribution in [-0.4, -0.2) is 16.9 Å². The van der Waals surface area contributed by atoms with Crippen molar-refractivity contribution in [3.8, 4) is 0 Å². The molecule has 0 spiro atoms. The van der Waals surface area contributed by atoms with E-state index >= 15 is 0 Å². The molecule has 2 N–H and O–H groups in total. The highest BCUT2D eigenvalue weighted by molar-refractivity contribution is 5.94. The molecule has 4 nitrogen and oxygen atoms in total. The number of nitrogens with one attached hydrogen (secondary N) is 2. The van der Waals surface area contributed by atoms with Crippen LogP contribution in [0, 0.1) is 5.82 Å². The van der Waals surface area contributed by atoms with Crippen LogP contribution in [0.5, 0.6) is 0 Å². The van der Waals surface area contributed by atoms with Crippen LogP contribution >= 0.6 is 0 Å². The molecule has 0 aliphatic heterocycles. The molecule has 2 aromatic rings. The van der Waals surface area contributed by atoms with Crippen LogP contribution in [-0.2, 0) is 6.54 Å². The second-order valence-corrected chi connectivity index (χ2v) is 5.16. The Balaban J connectivity index is 1.57. The summed E-state index contributed by atoms with van der Waals surface area (Å²) in [6.45, 7) is 0.290. The Kier molecular flexibility index (Phi) is 3.81. The zero-order valence-electron chi connectivity index (χ0n) is 11.5. The molecule has 1 fully saturated rings. The number of anilines is 1. The fourth-order valence-corrected chi connectivity index (χ4v) is 1.98. The van der Waals surface area contributed by atoms with Crippen molar-refractivity contribution in [3.63, 3.8) is 0 Å². The lowest BCUT2D eigenvalue weighted by molar-refractivity contribution is 0.0950.